The third-order valence-corrected chi connectivity index (χ3v) is 21.5. The van der Waals surface area contributed by atoms with Gasteiger partial charge in [-0.3, -0.25) is 0 Å². The van der Waals surface area contributed by atoms with Gasteiger partial charge in [0.05, 0.1) is 16.4 Å². The van der Waals surface area contributed by atoms with Gasteiger partial charge in [-0.25, -0.2) is 0 Å². The van der Waals surface area contributed by atoms with Gasteiger partial charge in [0.25, 0.3) is 0 Å². The molecule has 19 aromatic rings. The molecule has 0 unspecified atom stereocenters. The van der Waals surface area contributed by atoms with Crippen LogP contribution in [0.2, 0.25) is 0 Å². The smallest absolute Gasteiger partial charge is 0.0629 e. The zero-order valence-electron chi connectivity index (χ0n) is 77.5. The summed E-state index contributed by atoms with van der Waals surface area (Å²) in [4.78, 5) is 6.44. The number of rotatable bonds is 19. The van der Waals surface area contributed by atoms with E-state index < -0.39 is 0 Å². The summed E-state index contributed by atoms with van der Waals surface area (Å²) in [5, 5.41) is 3.38. The van der Waals surface area contributed by atoms with E-state index in [-0.39, 0.29) is 83.6 Å². The number of hydrogen-bond acceptors (Lipinski definition) is 4. The second kappa shape index (κ2) is 40.3. The number of nitrogens with zero attached hydrogens (tertiary/aromatic N) is 3. The highest BCUT2D eigenvalue weighted by molar-refractivity contribution is 9.11. The van der Waals surface area contributed by atoms with Crippen molar-refractivity contribution >= 4 is 110 Å². The van der Waals surface area contributed by atoms with Gasteiger partial charge in [0.15, 0.2) is 0 Å². The van der Waals surface area contributed by atoms with Crippen LogP contribution in [0, 0.1) is 0 Å². The Kier molecular flexibility index (Phi) is 22.3. The normalized spacial score (nSPS) is 12.0. The maximum absolute atomic E-state index is 9.08. The molecule has 0 saturated heterocycles. The number of anilines is 11. The van der Waals surface area contributed by atoms with Gasteiger partial charge < -0.3 is 20.0 Å². The number of hydrogen-bond donors (Lipinski definition) is 1. The molecule has 1 N–H and O–H groups in total. The first-order chi connectivity index (χ1) is 64.7. The van der Waals surface area contributed by atoms with Crippen LogP contribution in [0.15, 0.2) is 523 Å². The summed E-state index contributed by atoms with van der Waals surface area (Å²) in [6.07, 6.45) is 0. The van der Waals surface area contributed by atoms with E-state index in [4.69, 9.17) is 16.4 Å². The van der Waals surface area contributed by atoms with E-state index >= 15 is 0 Å². The van der Waals surface area contributed by atoms with Crippen LogP contribution in [0.1, 0.15) is 16.4 Å². The van der Waals surface area contributed by atoms with Crippen LogP contribution >= 0.6 is 47.8 Å². The van der Waals surface area contributed by atoms with Crippen LogP contribution in [0.5, 0.6) is 0 Å². The molecule has 4 nitrogen and oxygen atoms in total. The van der Waals surface area contributed by atoms with Crippen molar-refractivity contribution in [1.82, 2.24) is 0 Å². The van der Waals surface area contributed by atoms with Crippen molar-refractivity contribution in [1.29, 1.82) is 0 Å². The molecule has 0 bridgehead atoms. The number of benzene rings is 19. The standard InChI is InChI=1S/C48H36N2.C30H22BrN.C18H12Br2.C18H15N/c1-5-13-37(14-6-1)40-25-31-47(32-26-40)50(45-19-11-4-12-20-45)48-35-29-42(30-36-48)39-23-21-38(22-24-39)41-27-33-46(34-28-41)49(43-15-7-2-8-16-43)44-17-9-3-10-18-44;31-27-19-15-25(16-20-27)23-11-13-24(14-12-23)26-17-21-30(22-18-26)32(28-7-3-1-4-8-28)29-9-5-2-6-10-29;19-17-9-5-15(6-10-17)13-1-2-14(4-3-13)16-7-11-18(20)12-8-16;1-3-7-15(8-4-1)16-11-13-18(14-12-16)19-17-9-5-2-6-10-17/h1-36H;1-22H;1-12H;1-14,19H/i21D,22D,23D,24D;11D,12D,13D,14D;1D,2D,3D,4D;. The lowest BCUT2D eigenvalue weighted by molar-refractivity contribution is 1.28. The van der Waals surface area contributed by atoms with Crippen molar-refractivity contribution in [3.05, 3.63) is 523 Å². The van der Waals surface area contributed by atoms with E-state index in [1.54, 1.807) is 36.4 Å². The maximum Gasteiger partial charge on any atom is 0.0629 e. The molecule has 121 heavy (non-hydrogen) atoms. The van der Waals surface area contributed by atoms with Gasteiger partial charge in [-0.1, -0.05) is 387 Å². The van der Waals surface area contributed by atoms with Gasteiger partial charge in [0.2, 0.25) is 0 Å². The molecule has 19 rings (SSSR count). The average molecular weight is 1760 g/mol. The van der Waals surface area contributed by atoms with E-state index in [0.717, 1.165) is 87.1 Å². The van der Waals surface area contributed by atoms with E-state index in [0.29, 0.717) is 55.6 Å². The molecular formula is C114H85Br3N4. The Hall–Kier alpha value is -14.2. The minimum atomic E-state index is -0.0746. The summed E-state index contributed by atoms with van der Waals surface area (Å²) in [7, 11) is 0. The Bertz CT molecular complexity index is 6930. The molecule has 0 amide bonds. The molecule has 0 aliphatic carbocycles. The lowest BCUT2D eigenvalue weighted by Gasteiger charge is -2.26. The Morgan fingerprint density at radius 1 is 0.140 bits per heavy atom. The molecule has 7 heteroatoms. The Balaban J connectivity index is 0.000000140. The third kappa shape index (κ3) is 21.2. The van der Waals surface area contributed by atoms with Crippen molar-refractivity contribution in [2.45, 2.75) is 0 Å². The van der Waals surface area contributed by atoms with Crippen molar-refractivity contribution in [3.8, 4) is 89.0 Å². The summed E-state index contributed by atoms with van der Waals surface area (Å²) in [5.74, 6) is 0. The molecule has 582 valence electrons. The van der Waals surface area contributed by atoms with Gasteiger partial charge >= 0.3 is 0 Å². The highest BCUT2D eigenvalue weighted by Gasteiger charge is 2.17. The molecule has 0 fully saturated rings. The fourth-order valence-corrected chi connectivity index (χ4v) is 14.5. The fourth-order valence-electron chi connectivity index (χ4n) is 13.7. The molecular weight excluding hydrogens is 1660 g/mol. The summed E-state index contributed by atoms with van der Waals surface area (Å²) in [6, 6.07) is 142. The highest BCUT2D eigenvalue weighted by Crippen LogP contribution is 2.41. The predicted molar refractivity (Wildman–Crippen MR) is 526 cm³/mol. The van der Waals surface area contributed by atoms with E-state index in [1.807, 2.05) is 267 Å². The van der Waals surface area contributed by atoms with Crippen molar-refractivity contribution in [3.63, 3.8) is 0 Å². The Morgan fingerprint density at radius 3 is 0.488 bits per heavy atom. The molecule has 0 spiro atoms. The highest BCUT2D eigenvalue weighted by atomic mass is 79.9. The predicted octanol–water partition coefficient (Wildman–Crippen LogP) is 34.5. The summed E-state index contributed by atoms with van der Waals surface area (Å²) < 4.78 is 107. The summed E-state index contributed by atoms with van der Waals surface area (Å²) in [6.45, 7) is 0. The Labute approximate surface area is 753 Å². The maximum atomic E-state index is 9.08. The number of para-hydroxylation sites is 6. The second-order valence-electron chi connectivity index (χ2n) is 27.9. The van der Waals surface area contributed by atoms with Crippen LogP contribution in [0.25, 0.3) is 89.0 Å². The molecule has 0 aliphatic heterocycles. The van der Waals surface area contributed by atoms with Crippen LogP contribution in [-0.4, -0.2) is 0 Å². The first kappa shape index (κ1) is 66.8. The van der Waals surface area contributed by atoms with Crippen LogP contribution in [0.3, 0.4) is 0 Å². The first-order valence-corrected chi connectivity index (χ1v) is 41.8. The lowest BCUT2D eigenvalue weighted by atomic mass is 9.99. The monoisotopic (exact) mass is 1760 g/mol. The summed E-state index contributed by atoms with van der Waals surface area (Å²) >= 11 is 10.1. The molecule has 0 saturated carbocycles. The number of nitrogens with one attached hydrogen (secondary N) is 1. The lowest BCUT2D eigenvalue weighted by Crippen LogP contribution is -2.09. The second-order valence-corrected chi connectivity index (χ2v) is 30.7. The summed E-state index contributed by atoms with van der Waals surface area (Å²) in [5.41, 5.74) is 21.4. The Morgan fingerprint density at radius 2 is 0.281 bits per heavy atom. The van der Waals surface area contributed by atoms with Crippen LogP contribution in [0.4, 0.5) is 62.6 Å². The fraction of sp³-hybridized carbons (Fsp3) is 0. The topological polar surface area (TPSA) is 21.8 Å². The van der Waals surface area contributed by atoms with Crippen molar-refractivity contribution in [2.24, 2.45) is 0 Å². The van der Waals surface area contributed by atoms with E-state index in [1.165, 1.54) is 11.1 Å². The van der Waals surface area contributed by atoms with Gasteiger partial charge in [-0.15, -0.1) is 0 Å². The van der Waals surface area contributed by atoms with Crippen LogP contribution in [-0.2, 0) is 0 Å². The minimum Gasteiger partial charge on any atom is -0.356 e. The first-order valence-electron chi connectivity index (χ1n) is 45.4. The minimum absolute atomic E-state index is 0.0313. The van der Waals surface area contributed by atoms with Gasteiger partial charge in [0.1, 0.15) is 0 Å². The van der Waals surface area contributed by atoms with Gasteiger partial charge in [-0.05, 0) is 259 Å². The molecule has 0 radical (unpaired) electrons. The molecule has 19 aromatic carbocycles. The quantitative estimate of drug-likeness (QED) is 0.0871. The van der Waals surface area contributed by atoms with E-state index in [2.05, 4.69) is 201 Å². The largest absolute Gasteiger partial charge is 0.356 e. The van der Waals surface area contributed by atoms with Crippen LogP contribution < -0.4 is 20.0 Å². The third-order valence-electron chi connectivity index (χ3n) is 19.9. The van der Waals surface area contributed by atoms with Crippen molar-refractivity contribution in [2.75, 3.05) is 20.0 Å². The zero-order valence-corrected chi connectivity index (χ0v) is 70.3. The van der Waals surface area contributed by atoms with Crippen molar-refractivity contribution < 1.29 is 16.4 Å². The molecule has 0 heterocycles. The SMILES string of the molecule is [2H]c1c([2H])c(-c2ccc(Br)cc2)c([2H])c([2H])c1-c1ccc(Br)cc1.[2H]c1c([2H])c(-c2ccc(N(c3ccccc3)c3ccc(-c4ccccc4)cc3)cc2)c([2H])c([2H])c1-c1ccc(N(c2ccccc2)c2ccccc2)cc1.[2H]c1c([2H])c(-c2ccc(N(c3ccccc3)c3ccccc3)cc2)c([2H])c([2H])c1-c1ccc(Br)cc1.c1ccc(Nc2ccc(-c3ccccc3)cc2)cc1. The average Bonchev–Trinajstić information content (AvgIpc) is 0.663. The van der Waals surface area contributed by atoms with Gasteiger partial charge in [-0.2, -0.15) is 0 Å². The van der Waals surface area contributed by atoms with E-state index in [9.17, 15) is 0 Å². The number of halogens is 3. The zero-order chi connectivity index (χ0) is 92.6. The molecule has 0 aromatic heterocycles. The van der Waals surface area contributed by atoms with Gasteiger partial charge in [0, 0.05) is 76.0 Å². The molecule has 0 atom stereocenters. The molecule has 0 aliphatic rings.